The van der Waals surface area contributed by atoms with Crippen LogP contribution in [0.5, 0.6) is 0 Å². The molecule has 0 aliphatic heterocycles. The van der Waals surface area contributed by atoms with Crippen LogP contribution in [-0.4, -0.2) is 39.0 Å². The molecule has 0 aliphatic rings. The Morgan fingerprint density at radius 2 is 1.92 bits per heavy atom. The van der Waals surface area contributed by atoms with Crippen LogP contribution >= 0.6 is 34.5 Å². The standard InChI is InChI=1S/C27H26Cl2N4O5S/c1-15-23(14-31(2)13-22(34)17-6-9-20(29)21(10-17)33(37)38)39-26-24(15)32(3)12-19(25(26)35)27(36)30-11-16-4-7-18(28)8-5-16/h4-10,12,22,34H,11,13-14H2,1-3H3,(H,30,36). The van der Waals surface area contributed by atoms with Gasteiger partial charge in [0.1, 0.15) is 10.6 Å². The summed E-state index contributed by atoms with van der Waals surface area (Å²) in [6.45, 7) is 2.80. The second-order valence-corrected chi connectivity index (χ2v) is 11.2. The molecule has 4 aromatic rings. The van der Waals surface area contributed by atoms with E-state index in [4.69, 9.17) is 23.2 Å². The number of pyridine rings is 1. The Morgan fingerprint density at radius 3 is 2.59 bits per heavy atom. The first-order valence-corrected chi connectivity index (χ1v) is 13.5. The second kappa shape index (κ2) is 11.8. The number of aliphatic hydroxyl groups is 1. The van der Waals surface area contributed by atoms with Gasteiger partial charge in [-0.15, -0.1) is 11.3 Å². The average molecular weight is 590 g/mol. The Kier molecular flexibility index (Phi) is 8.73. The zero-order valence-electron chi connectivity index (χ0n) is 21.4. The van der Waals surface area contributed by atoms with E-state index >= 15 is 0 Å². The summed E-state index contributed by atoms with van der Waals surface area (Å²) in [4.78, 5) is 39.6. The fraction of sp³-hybridized carbons (Fsp3) is 0.259. The Bertz CT molecular complexity index is 1620. The second-order valence-electron chi connectivity index (χ2n) is 9.30. The number of hydrogen-bond donors (Lipinski definition) is 2. The van der Waals surface area contributed by atoms with Gasteiger partial charge in [-0.3, -0.25) is 24.6 Å². The minimum absolute atomic E-state index is 0.00419. The highest BCUT2D eigenvalue weighted by molar-refractivity contribution is 7.19. The van der Waals surface area contributed by atoms with Crippen LogP contribution in [0.25, 0.3) is 10.2 Å². The number of amides is 1. The van der Waals surface area contributed by atoms with E-state index in [1.807, 2.05) is 18.9 Å². The number of aryl methyl sites for hydroxylation is 2. The van der Waals surface area contributed by atoms with Crippen molar-refractivity contribution in [2.24, 2.45) is 7.05 Å². The number of aromatic nitrogens is 1. The zero-order chi connectivity index (χ0) is 28.4. The van der Waals surface area contributed by atoms with E-state index in [0.717, 1.165) is 21.5 Å². The van der Waals surface area contributed by atoms with Gasteiger partial charge in [-0.1, -0.05) is 41.4 Å². The third-order valence-electron chi connectivity index (χ3n) is 6.40. The molecule has 0 saturated carbocycles. The number of nitrogens with one attached hydrogen (secondary N) is 1. The number of carbonyl (C=O) groups excluding carboxylic acids is 1. The highest BCUT2D eigenvalue weighted by atomic mass is 35.5. The van der Waals surface area contributed by atoms with Crippen molar-refractivity contribution in [3.63, 3.8) is 0 Å². The smallest absolute Gasteiger partial charge is 0.288 e. The molecule has 0 bridgehead atoms. The molecule has 0 fully saturated rings. The van der Waals surface area contributed by atoms with Gasteiger partial charge in [0.05, 0.1) is 21.2 Å². The summed E-state index contributed by atoms with van der Waals surface area (Å²) in [5.74, 6) is -0.461. The van der Waals surface area contributed by atoms with Gasteiger partial charge in [-0.25, -0.2) is 0 Å². The number of carbonyl (C=O) groups is 1. The van der Waals surface area contributed by atoms with Gasteiger partial charge in [0.2, 0.25) is 5.43 Å². The molecule has 0 radical (unpaired) electrons. The van der Waals surface area contributed by atoms with Crippen molar-refractivity contribution in [2.75, 3.05) is 13.6 Å². The molecule has 204 valence electrons. The normalized spacial score (nSPS) is 12.2. The maximum absolute atomic E-state index is 13.3. The summed E-state index contributed by atoms with van der Waals surface area (Å²) < 4.78 is 2.26. The minimum Gasteiger partial charge on any atom is -0.387 e. The number of nitrogens with zero attached hydrogens (tertiary/aromatic N) is 3. The van der Waals surface area contributed by atoms with Gasteiger partial charge in [-0.2, -0.15) is 0 Å². The molecule has 1 amide bonds. The highest BCUT2D eigenvalue weighted by Crippen LogP contribution is 2.31. The lowest BCUT2D eigenvalue weighted by Gasteiger charge is -2.20. The van der Waals surface area contributed by atoms with Crippen LogP contribution in [0.15, 0.2) is 53.5 Å². The lowest BCUT2D eigenvalue weighted by Crippen LogP contribution is -2.29. The van der Waals surface area contributed by atoms with Crippen LogP contribution in [0.2, 0.25) is 10.0 Å². The molecule has 1 unspecified atom stereocenters. The van der Waals surface area contributed by atoms with E-state index in [1.54, 1.807) is 48.1 Å². The molecule has 9 nitrogen and oxygen atoms in total. The molecule has 0 spiro atoms. The van der Waals surface area contributed by atoms with Crippen LogP contribution in [0.4, 0.5) is 5.69 Å². The van der Waals surface area contributed by atoms with Gasteiger partial charge < -0.3 is 15.0 Å². The summed E-state index contributed by atoms with van der Waals surface area (Å²) in [6, 6.07) is 11.3. The first-order chi connectivity index (χ1) is 18.5. The van der Waals surface area contributed by atoms with Crippen molar-refractivity contribution >= 4 is 56.3 Å². The summed E-state index contributed by atoms with van der Waals surface area (Å²) in [6.07, 6.45) is 0.564. The van der Waals surface area contributed by atoms with Crippen molar-refractivity contribution in [1.29, 1.82) is 0 Å². The largest absolute Gasteiger partial charge is 0.387 e. The van der Waals surface area contributed by atoms with Gasteiger partial charge >= 0.3 is 0 Å². The first kappa shape index (κ1) is 28.7. The number of thiophene rings is 1. The predicted octanol–water partition coefficient (Wildman–Crippen LogP) is 5.22. The van der Waals surface area contributed by atoms with Crippen molar-refractivity contribution in [1.82, 2.24) is 14.8 Å². The van der Waals surface area contributed by atoms with Crippen LogP contribution in [0, 0.1) is 17.0 Å². The number of likely N-dealkylation sites (N-methyl/N-ethyl adjacent to an activating group) is 1. The maximum Gasteiger partial charge on any atom is 0.288 e. The molecule has 39 heavy (non-hydrogen) atoms. The number of rotatable bonds is 9. The van der Waals surface area contributed by atoms with E-state index in [1.165, 1.54) is 23.5 Å². The minimum atomic E-state index is -0.984. The van der Waals surface area contributed by atoms with Crippen molar-refractivity contribution in [3.8, 4) is 0 Å². The van der Waals surface area contributed by atoms with E-state index in [-0.39, 0.29) is 34.8 Å². The maximum atomic E-state index is 13.3. The molecule has 0 saturated heterocycles. The number of aliphatic hydroxyl groups excluding tert-OH is 1. The Morgan fingerprint density at radius 1 is 1.23 bits per heavy atom. The SMILES string of the molecule is Cc1c(CN(C)CC(O)c2ccc(Cl)c([N+](=O)[O-])c2)sc2c(=O)c(C(=O)NCc3ccc(Cl)cc3)cn(C)c12. The van der Waals surface area contributed by atoms with Crippen molar-refractivity contribution in [2.45, 2.75) is 26.1 Å². The summed E-state index contributed by atoms with van der Waals surface area (Å²) in [5, 5.41) is 25.3. The number of fused-ring (bicyclic) bond motifs is 1. The fourth-order valence-electron chi connectivity index (χ4n) is 4.35. The van der Waals surface area contributed by atoms with Crippen molar-refractivity contribution in [3.05, 3.63) is 106 Å². The van der Waals surface area contributed by atoms with Crippen LogP contribution < -0.4 is 10.7 Å². The predicted molar refractivity (Wildman–Crippen MR) is 154 cm³/mol. The number of halogens is 2. The number of benzene rings is 2. The third-order valence-corrected chi connectivity index (χ3v) is 8.24. The van der Waals surface area contributed by atoms with Crippen molar-refractivity contribution < 1.29 is 14.8 Å². The van der Waals surface area contributed by atoms with Crippen LogP contribution in [0.3, 0.4) is 0 Å². The molecular weight excluding hydrogens is 563 g/mol. The van der Waals surface area contributed by atoms with Crippen LogP contribution in [-0.2, 0) is 20.1 Å². The van der Waals surface area contributed by atoms with E-state index in [2.05, 4.69) is 5.32 Å². The molecule has 0 aliphatic carbocycles. The fourth-order valence-corrected chi connectivity index (χ4v) is 6.04. The Labute approximate surface area is 238 Å². The Hall–Kier alpha value is -3.28. The van der Waals surface area contributed by atoms with E-state index in [0.29, 0.717) is 21.8 Å². The number of nitro benzene ring substituents is 1. The van der Waals surface area contributed by atoms with Gasteiger partial charge in [-0.05, 0) is 48.9 Å². The molecule has 4 rings (SSSR count). The highest BCUT2D eigenvalue weighted by Gasteiger charge is 2.22. The van der Waals surface area contributed by atoms with Crippen LogP contribution in [0.1, 0.15) is 38.0 Å². The summed E-state index contributed by atoms with van der Waals surface area (Å²) in [5.41, 5.74) is 2.35. The number of hydrogen-bond acceptors (Lipinski definition) is 7. The van der Waals surface area contributed by atoms with E-state index in [9.17, 15) is 24.8 Å². The molecule has 2 aromatic heterocycles. The summed E-state index contributed by atoms with van der Waals surface area (Å²) in [7, 11) is 3.60. The van der Waals surface area contributed by atoms with Gasteiger partial charge in [0.25, 0.3) is 11.6 Å². The molecular formula is C27H26Cl2N4O5S. The molecule has 12 heteroatoms. The van der Waals surface area contributed by atoms with Gasteiger partial charge in [0, 0.05) is 48.8 Å². The molecule has 1 atom stereocenters. The lowest BCUT2D eigenvalue weighted by atomic mass is 10.1. The zero-order valence-corrected chi connectivity index (χ0v) is 23.7. The quantitative estimate of drug-likeness (QED) is 0.204. The van der Waals surface area contributed by atoms with Gasteiger partial charge in [0.15, 0.2) is 0 Å². The topological polar surface area (TPSA) is 118 Å². The number of nitro groups is 1. The lowest BCUT2D eigenvalue weighted by molar-refractivity contribution is -0.384. The summed E-state index contributed by atoms with van der Waals surface area (Å²) >= 11 is 13.1. The molecule has 2 aromatic carbocycles. The first-order valence-electron chi connectivity index (χ1n) is 11.9. The molecule has 2 N–H and O–H groups in total. The van der Waals surface area contributed by atoms with E-state index < -0.39 is 16.9 Å². The Balaban J connectivity index is 1.52. The third kappa shape index (κ3) is 6.32. The average Bonchev–Trinajstić information content (AvgIpc) is 3.22. The molecule has 2 heterocycles. The monoisotopic (exact) mass is 588 g/mol.